The Balaban J connectivity index is 1.66. The highest BCUT2D eigenvalue weighted by Crippen LogP contribution is 2.38. The van der Waals surface area contributed by atoms with Gasteiger partial charge >= 0.3 is 0 Å². The van der Waals surface area contributed by atoms with Crippen molar-refractivity contribution in [2.75, 3.05) is 0 Å². The van der Waals surface area contributed by atoms with Crippen LogP contribution in [0.25, 0.3) is 27.8 Å². The standard InChI is InChI=1S/C25H17Cl2N3S/c26-19-10-12-20(13-11-19)30-14-21(17-6-2-1-3-7-17)23-24(30)28-16-29-25(23)31-15-18-8-4-5-9-22(18)27/h1-14,16H,15H2. The van der Waals surface area contributed by atoms with Crippen LogP contribution in [0.2, 0.25) is 10.0 Å². The lowest BCUT2D eigenvalue weighted by Gasteiger charge is -2.07. The molecule has 6 heteroatoms. The maximum atomic E-state index is 6.37. The molecular weight excluding hydrogens is 445 g/mol. The molecule has 0 saturated carbocycles. The minimum absolute atomic E-state index is 0.703. The van der Waals surface area contributed by atoms with Crippen molar-refractivity contribution in [3.8, 4) is 16.8 Å². The predicted octanol–water partition coefficient (Wildman–Crippen LogP) is 7.69. The molecule has 0 fully saturated rings. The zero-order valence-electron chi connectivity index (χ0n) is 16.4. The van der Waals surface area contributed by atoms with Gasteiger partial charge in [-0.25, -0.2) is 9.97 Å². The molecule has 3 aromatic carbocycles. The number of nitrogens with zero attached hydrogens (tertiary/aromatic N) is 3. The second-order valence-corrected chi connectivity index (χ2v) is 8.82. The molecular formula is C25H17Cl2N3S. The fraction of sp³-hybridized carbons (Fsp3) is 0.0400. The molecule has 2 heterocycles. The Hall–Kier alpha value is -2.79. The SMILES string of the molecule is Clc1ccc(-n2cc(-c3ccccc3)c3c(SCc4ccccc4Cl)ncnc32)cc1. The van der Waals surface area contributed by atoms with E-state index in [1.165, 1.54) is 0 Å². The van der Waals surface area contributed by atoms with E-state index in [2.05, 4.69) is 32.9 Å². The lowest BCUT2D eigenvalue weighted by molar-refractivity contribution is 1.04. The molecule has 0 saturated heterocycles. The fourth-order valence-electron chi connectivity index (χ4n) is 3.54. The van der Waals surface area contributed by atoms with Crippen LogP contribution in [0, 0.1) is 0 Å². The molecule has 2 aromatic heterocycles. The molecule has 0 unspecified atom stereocenters. The summed E-state index contributed by atoms with van der Waals surface area (Å²) < 4.78 is 2.09. The molecule has 0 atom stereocenters. The van der Waals surface area contributed by atoms with Gasteiger partial charge in [-0.3, -0.25) is 0 Å². The number of fused-ring (bicyclic) bond motifs is 1. The third kappa shape index (κ3) is 4.07. The molecule has 0 aliphatic rings. The number of thioether (sulfide) groups is 1. The number of rotatable bonds is 5. The van der Waals surface area contributed by atoms with Crippen LogP contribution in [0.3, 0.4) is 0 Å². The number of hydrogen-bond acceptors (Lipinski definition) is 3. The highest BCUT2D eigenvalue weighted by Gasteiger charge is 2.18. The van der Waals surface area contributed by atoms with E-state index < -0.39 is 0 Å². The summed E-state index contributed by atoms with van der Waals surface area (Å²) in [6.45, 7) is 0. The predicted molar refractivity (Wildman–Crippen MR) is 130 cm³/mol. The number of aromatic nitrogens is 3. The second kappa shape index (κ2) is 8.75. The van der Waals surface area contributed by atoms with Gasteiger partial charge in [-0.15, -0.1) is 11.8 Å². The molecule has 0 spiro atoms. The van der Waals surface area contributed by atoms with Crippen molar-refractivity contribution in [1.29, 1.82) is 0 Å². The third-order valence-corrected chi connectivity index (χ3v) is 6.72. The Kier molecular flexibility index (Phi) is 5.68. The minimum atomic E-state index is 0.703. The van der Waals surface area contributed by atoms with Crippen LogP contribution >= 0.6 is 35.0 Å². The van der Waals surface area contributed by atoms with Crippen molar-refractivity contribution in [2.24, 2.45) is 0 Å². The highest BCUT2D eigenvalue weighted by atomic mass is 35.5. The van der Waals surface area contributed by atoms with Gasteiger partial charge < -0.3 is 4.57 Å². The average molecular weight is 462 g/mol. The van der Waals surface area contributed by atoms with Crippen LogP contribution in [0.5, 0.6) is 0 Å². The molecule has 31 heavy (non-hydrogen) atoms. The summed E-state index contributed by atoms with van der Waals surface area (Å²) in [6.07, 6.45) is 3.75. The van der Waals surface area contributed by atoms with Crippen molar-refractivity contribution in [3.05, 3.63) is 107 Å². The molecule has 5 rings (SSSR count). The normalized spacial score (nSPS) is 11.2. The topological polar surface area (TPSA) is 30.7 Å². The van der Waals surface area contributed by atoms with Crippen LogP contribution in [0.1, 0.15) is 5.56 Å². The number of halogens is 2. The Morgan fingerprint density at radius 3 is 2.32 bits per heavy atom. The largest absolute Gasteiger partial charge is 0.301 e. The Bertz CT molecular complexity index is 1350. The van der Waals surface area contributed by atoms with Gasteiger partial charge in [0.2, 0.25) is 0 Å². The van der Waals surface area contributed by atoms with Gasteiger partial charge in [0.25, 0.3) is 0 Å². The van der Waals surface area contributed by atoms with Crippen molar-refractivity contribution < 1.29 is 0 Å². The first kappa shape index (κ1) is 20.1. The smallest absolute Gasteiger partial charge is 0.149 e. The lowest BCUT2D eigenvalue weighted by atomic mass is 10.1. The van der Waals surface area contributed by atoms with E-state index in [0.717, 1.165) is 49.2 Å². The molecule has 0 bridgehead atoms. The van der Waals surface area contributed by atoms with Gasteiger partial charge in [0.1, 0.15) is 17.0 Å². The molecule has 5 aromatic rings. The molecule has 152 valence electrons. The monoisotopic (exact) mass is 461 g/mol. The molecule has 0 amide bonds. The van der Waals surface area contributed by atoms with E-state index in [-0.39, 0.29) is 0 Å². The van der Waals surface area contributed by atoms with Crippen molar-refractivity contribution in [1.82, 2.24) is 14.5 Å². The minimum Gasteiger partial charge on any atom is -0.301 e. The van der Waals surface area contributed by atoms with Crippen molar-refractivity contribution >= 4 is 46.0 Å². The van der Waals surface area contributed by atoms with Crippen molar-refractivity contribution in [3.63, 3.8) is 0 Å². The summed E-state index contributed by atoms with van der Waals surface area (Å²) in [5, 5.41) is 3.42. The summed E-state index contributed by atoms with van der Waals surface area (Å²) in [7, 11) is 0. The van der Waals surface area contributed by atoms with Gasteiger partial charge in [0.15, 0.2) is 0 Å². The van der Waals surface area contributed by atoms with Crippen LogP contribution in [0.4, 0.5) is 0 Å². The van der Waals surface area contributed by atoms with E-state index in [4.69, 9.17) is 23.2 Å². The zero-order valence-corrected chi connectivity index (χ0v) is 18.7. The van der Waals surface area contributed by atoms with E-state index in [9.17, 15) is 0 Å². The third-order valence-electron chi connectivity index (χ3n) is 5.06. The molecule has 0 N–H and O–H groups in total. The average Bonchev–Trinajstić information content (AvgIpc) is 3.20. The highest BCUT2D eigenvalue weighted by molar-refractivity contribution is 7.98. The summed E-state index contributed by atoms with van der Waals surface area (Å²) in [4.78, 5) is 9.27. The summed E-state index contributed by atoms with van der Waals surface area (Å²) in [6, 6.07) is 26.0. The molecule has 0 aliphatic carbocycles. The van der Waals surface area contributed by atoms with Gasteiger partial charge in [-0.05, 0) is 41.5 Å². The van der Waals surface area contributed by atoms with Gasteiger partial charge in [0, 0.05) is 33.2 Å². The Morgan fingerprint density at radius 2 is 1.55 bits per heavy atom. The second-order valence-electron chi connectivity index (χ2n) is 7.01. The van der Waals surface area contributed by atoms with Crippen LogP contribution in [-0.4, -0.2) is 14.5 Å². The van der Waals surface area contributed by atoms with E-state index >= 15 is 0 Å². The maximum absolute atomic E-state index is 6.37. The number of hydrogen-bond donors (Lipinski definition) is 0. The van der Waals surface area contributed by atoms with Crippen molar-refractivity contribution in [2.45, 2.75) is 10.8 Å². The van der Waals surface area contributed by atoms with Crippen LogP contribution in [-0.2, 0) is 5.75 Å². The first-order valence-corrected chi connectivity index (χ1v) is 11.5. The van der Waals surface area contributed by atoms with Gasteiger partial charge in [-0.1, -0.05) is 71.7 Å². The number of benzene rings is 3. The van der Waals surface area contributed by atoms with E-state index in [1.54, 1.807) is 18.1 Å². The first-order chi connectivity index (χ1) is 15.2. The van der Waals surface area contributed by atoms with Gasteiger partial charge in [0.05, 0.1) is 5.39 Å². The van der Waals surface area contributed by atoms with Crippen LogP contribution in [0.15, 0.2) is 96.4 Å². The van der Waals surface area contributed by atoms with Crippen LogP contribution < -0.4 is 0 Å². The Labute approximate surface area is 194 Å². The van der Waals surface area contributed by atoms with Gasteiger partial charge in [-0.2, -0.15) is 0 Å². The fourth-order valence-corrected chi connectivity index (χ4v) is 4.96. The quantitative estimate of drug-likeness (QED) is 0.198. The summed E-state index contributed by atoms with van der Waals surface area (Å²) >= 11 is 14.1. The molecule has 0 radical (unpaired) electrons. The summed E-state index contributed by atoms with van der Waals surface area (Å²) in [5.41, 5.74) is 5.15. The lowest BCUT2D eigenvalue weighted by Crippen LogP contribution is -1.95. The van der Waals surface area contributed by atoms with E-state index in [1.807, 2.05) is 66.7 Å². The van der Waals surface area contributed by atoms with E-state index in [0.29, 0.717) is 5.02 Å². The Morgan fingerprint density at radius 1 is 0.806 bits per heavy atom. The molecule has 3 nitrogen and oxygen atoms in total. The zero-order chi connectivity index (χ0) is 21.2. The first-order valence-electron chi connectivity index (χ1n) is 9.74. The summed E-state index contributed by atoms with van der Waals surface area (Å²) in [5.74, 6) is 0.728. The molecule has 0 aliphatic heterocycles. The maximum Gasteiger partial charge on any atom is 0.149 e.